The third-order valence-corrected chi connectivity index (χ3v) is 4.66. The van der Waals surface area contributed by atoms with E-state index in [0.29, 0.717) is 10.8 Å². The van der Waals surface area contributed by atoms with Crippen LogP contribution in [0.1, 0.15) is 36.2 Å². The van der Waals surface area contributed by atoms with E-state index < -0.39 is 0 Å². The zero-order chi connectivity index (χ0) is 12.8. The van der Waals surface area contributed by atoms with Gasteiger partial charge in [-0.25, -0.2) is 5.84 Å². The molecule has 1 aromatic carbocycles. The zero-order valence-electron chi connectivity index (χ0n) is 10.00. The van der Waals surface area contributed by atoms with Crippen LogP contribution in [0.2, 0.25) is 0 Å². The first kappa shape index (κ1) is 14.5. The average molecular weight is 317 g/mol. The quantitative estimate of drug-likeness (QED) is 0.498. The molecule has 1 rings (SSSR count). The van der Waals surface area contributed by atoms with Crippen molar-refractivity contribution in [2.24, 2.45) is 5.84 Å². The largest absolute Gasteiger partial charge is 0.290 e. The predicted molar refractivity (Wildman–Crippen MR) is 76.8 cm³/mol. The second kappa shape index (κ2) is 7.03. The van der Waals surface area contributed by atoms with Gasteiger partial charge >= 0.3 is 0 Å². The summed E-state index contributed by atoms with van der Waals surface area (Å²) < 4.78 is 0.953. The molecule has 0 saturated heterocycles. The minimum Gasteiger partial charge on any atom is -0.290 e. The standard InChI is InChI=1S/C12H17BrN2OS/c1-3-8(2)17-7-10-5-4-9(6-11(10)13)12(16)15-14/h4-6,8H,3,7,14H2,1-2H3,(H,15,16). The van der Waals surface area contributed by atoms with Gasteiger partial charge in [-0.15, -0.1) is 0 Å². The Morgan fingerprint density at radius 3 is 2.82 bits per heavy atom. The van der Waals surface area contributed by atoms with Gasteiger partial charge in [-0.3, -0.25) is 10.2 Å². The lowest BCUT2D eigenvalue weighted by Gasteiger charge is -2.10. The van der Waals surface area contributed by atoms with E-state index >= 15 is 0 Å². The number of halogens is 1. The Labute approximate surface area is 115 Å². The second-order valence-corrected chi connectivity index (χ2v) is 6.09. The minimum atomic E-state index is -0.271. The van der Waals surface area contributed by atoms with Crippen molar-refractivity contribution in [3.05, 3.63) is 33.8 Å². The second-order valence-electron chi connectivity index (χ2n) is 3.81. The van der Waals surface area contributed by atoms with Gasteiger partial charge in [0.15, 0.2) is 0 Å². The number of carbonyl (C=O) groups is 1. The van der Waals surface area contributed by atoms with Crippen molar-refractivity contribution in [1.82, 2.24) is 5.43 Å². The normalized spacial score (nSPS) is 12.2. The number of benzene rings is 1. The summed E-state index contributed by atoms with van der Waals surface area (Å²) in [6.07, 6.45) is 1.16. The van der Waals surface area contributed by atoms with Crippen LogP contribution in [0, 0.1) is 0 Å². The van der Waals surface area contributed by atoms with Gasteiger partial charge in [-0.2, -0.15) is 11.8 Å². The molecule has 0 heterocycles. The molecule has 0 bridgehead atoms. The van der Waals surface area contributed by atoms with Crippen molar-refractivity contribution in [3.63, 3.8) is 0 Å². The summed E-state index contributed by atoms with van der Waals surface area (Å²) in [5, 5.41) is 0.647. The molecule has 0 fully saturated rings. The van der Waals surface area contributed by atoms with Gasteiger partial charge in [-0.1, -0.05) is 35.8 Å². The van der Waals surface area contributed by atoms with E-state index in [2.05, 4.69) is 35.2 Å². The molecule has 1 amide bonds. The van der Waals surface area contributed by atoms with Crippen molar-refractivity contribution in [2.75, 3.05) is 0 Å². The van der Waals surface area contributed by atoms with E-state index in [-0.39, 0.29) is 5.91 Å². The van der Waals surface area contributed by atoms with Crippen molar-refractivity contribution < 1.29 is 4.79 Å². The summed E-state index contributed by atoms with van der Waals surface area (Å²) in [5.41, 5.74) is 3.89. The molecule has 3 nitrogen and oxygen atoms in total. The fourth-order valence-electron chi connectivity index (χ4n) is 1.24. The van der Waals surface area contributed by atoms with Crippen LogP contribution in [0.5, 0.6) is 0 Å². The van der Waals surface area contributed by atoms with Gasteiger partial charge in [-0.05, 0) is 24.1 Å². The van der Waals surface area contributed by atoms with Crippen molar-refractivity contribution in [3.8, 4) is 0 Å². The Bertz CT molecular complexity index is 398. The topological polar surface area (TPSA) is 55.1 Å². The molecule has 0 spiro atoms. The minimum absolute atomic E-state index is 0.271. The average Bonchev–Trinajstić information content (AvgIpc) is 2.35. The van der Waals surface area contributed by atoms with Crippen LogP contribution >= 0.6 is 27.7 Å². The van der Waals surface area contributed by atoms with Gasteiger partial charge in [0.25, 0.3) is 5.91 Å². The molecular formula is C12H17BrN2OS. The maximum Gasteiger partial charge on any atom is 0.265 e. The van der Waals surface area contributed by atoms with Crippen LogP contribution in [0.15, 0.2) is 22.7 Å². The number of nitrogen functional groups attached to an aromatic ring is 1. The highest BCUT2D eigenvalue weighted by Gasteiger charge is 2.08. The number of nitrogens with two attached hydrogens (primary N) is 1. The number of nitrogens with one attached hydrogen (secondary N) is 1. The highest BCUT2D eigenvalue weighted by atomic mass is 79.9. The Morgan fingerprint density at radius 1 is 1.59 bits per heavy atom. The molecule has 3 N–H and O–H groups in total. The lowest BCUT2D eigenvalue weighted by Crippen LogP contribution is -2.29. The monoisotopic (exact) mass is 316 g/mol. The van der Waals surface area contributed by atoms with Crippen LogP contribution in [-0.2, 0) is 5.75 Å². The number of thioether (sulfide) groups is 1. The number of amides is 1. The van der Waals surface area contributed by atoms with Crippen molar-refractivity contribution in [1.29, 1.82) is 0 Å². The number of carbonyl (C=O) groups excluding carboxylic acids is 1. The Morgan fingerprint density at radius 2 is 2.29 bits per heavy atom. The van der Waals surface area contributed by atoms with Gasteiger partial charge in [0, 0.05) is 21.0 Å². The highest BCUT2D eigenvalue weighted by Crippen LogP contribution is 2.26. The molecule has 17 heavy (non-hydrogen) atoms. The van der Waals surface area contributed by atoms with E-state index in [1.807, 2.05) is 17.8 Å². The van der Waals surface area contributed by atoms with E-state index in [4.69, 9.17) is 5.84 Å². The Hall–Kier alpha value is -0.520. The van der Waals surface area contributed by atoms with Crippen LogP contribution in [0.3, 0.4) is 0 Å². The molecule has 0 aliphatic rings. The third kappa shape index (κ3) is 4.33. The number of hydrazine groups is 1. The first-order valence-corrected chi connectivity index (χ1v) is 7.33. The van der Waals surface area contributed by atoms with Crippen LogP contribution in [0.25, 0.3) is 0 Å². The maximum atomic E-state index is 11.3. The maximum absolute atomic E-state index is 11.3. The molecule has 0 aromatic heterocycles. The molecule has 0 radical (unpaired) electrons. The summed E-state index contributed by atoms with van der Waals surface area (Å²) in [6, 6.07) is 5.55. The summed E-state index contributed by atoms with van der Waals surface area (Å²) >= 11 is 5.39. The van der Waals surface area contributed by atoms with Gasteiger partial charge in [0.1, 0.15) is 0 Å². The predicted octanol–water partition coefficient (Wildman–Crippen LogP) is 3.08. The number of hydrogen-bond acceptors (Lipinski definition) is 3. The Kier molecular flexibility index (Phi) is 6.02. The van der Waals surface area contributed by atoms with E-state index in [1.165, 1.54) is 5.56 Å². The van der Waals surface area contributed by atoms with Crippen molar-refractivity contribution >= 4 is 33.6 Å². The SMILES string of the molecule is CCC(C)SCc1ccc(C(=O)NN)cc1Br. The third-order valence-electron chi connectivity index (χ3n) is 2.54. The summed E-state index contributed by atoms with van der Waals surface area (Å²) in [5.74, 6) is 5.76. The molecule has 0 aliphatic carbocycles. The van der Waals surface area contributed by atoms with E-state index in [1.54, 1.807) is 12.1 Å². The fourth-order valence-corrected chi connectivity index (χ4v) is 2.89. The molecule has 0 saturated carbocycles. The number of hydrogen-bond donors (Lipinski definition) is 2. The van der Waals surface area contributed by atoms with Crippen LogP contribution in [0.4, 0.5) is 0 Å². The molecular weight excluding hydrogens is 300 g/mol. The van der Waals surface area contributed by atoms with E-state index in [9.17, 15) is 4.79 Å². The van der Waals surface area contributed by atoms with E-state index in [0.717, 1.165) is 16.6 Å². The van der Waals surface area contributed by atoms with Gasteiger partial charge < -0.3 is 0 Å². The zero-order valence-corrected chi connectivity index (χ0v) is 12.4. The molecule has 1 unspecified atom stereocenters. The van der Waals surface area contributed by atoms with Crippen LogP contribution < -0.4 is 11.3 Å². The molecule has 1 aromatic rings. The lowest BCUT2D eigenvalue weighted by atomic mass is 10.1. The van der Waals surface area contributed by atoms with Crippen molar-refractivity contribution in [2.45, 2.75) is 31.3 Å². The fraction of sp³-hybridized carbons (Fsp3) is 0.417. The Balaban J connectivity index is 2.73. The van der Waals surface area contributed by atoms with Gasteiger partial charge in [0.05, 0.1) is 0 Å². The van der Waals surface area contributed by atoms with Gasteiger partial charge in [0.2, 0.25) is 0 Å². The van der Waals surface area contributed by atoms with Crippen LogP contribution in [-0.4, -0.2) is 11.2 Å². The first-order valence-electron chi connectivity index (χ1n) is 5.49. The number of rotatable bonds is 5. The summed E-state index contributed by atoms with van der Waals surface area (Å²) in [7, 11) is 0. The molecule has 0 aliphatic heterocycles. The molecule has 5 heteroatoms. The summed E-state index contributed by atoms with van der Waals surface area (Å²) in [6.45, 7) is 4.40. The summed E-state index contributed by atoms with van der Waals surface area (Å²) in [4.78, 5) is 11.3. The highest BCUT2D eigenvalue weighted by molar-refractivity contribution is 9.10. The first-order chi connectivity index (χ1) is 8.08. The smallest absolute Gasteiger partial charge is 0.265 e. The lowest BCUT2D eigenvalue weighted by molar-refractivity contribution is 0.0953. The molecule has 94 valence electrons. The molecule has 1 atom stereocenters.